The van der Waals surface area contributed by atoms with Crippen LogP contribution in [-0.2, 0) is 0 Å². The van der Waals surface area contributed by atoms with Crippen molar-refractivity contribution >= 4 is 0 Å². The molecule has 0 saturated carbocycles. The van der Waals surface area contributed by atoms with Gasteiger partial charge in [0.1, 0.15) is 0 Å². The van der Waals surface area contributed by atoms with Crippen molar-refractivity contribution in [3.63, 3.8) is 0 Å². The first-order valence-electron chi connectivity index (χ1n) is 17.6. The molecule has 0 fully saturated rings. The van der Waals surface area contributed by atoms with Crippen LogP contribution in [-0.4, -0.2) is 0 Å². The summed E-state index contributed by atoms with van der Waals surface area (Å²) in [6.45, 7) is 11.8. The molecule has 0 bridgehead atoms. The molecule has 36 heavy (non-hydrogen) atoms. The lowest BCUT2D eigenvalue weighted by Crippen LogP contribution is -2.02. The minimum absolute atomic E-state index is 0.890. The largest absolute Gasteiger partial charge is 0.0654 e. The molecule has 0 spiro atoms. The summed E-state index contributed by atoms with van der Waals surface area (Å²) in [6.07, 6.45) is 41.4. The molecule has 0 aliphatic heterocycles. The van der Waals surface area contributed by atoms with Crippen LogP contribution >= 0.6 is 0 Å². The van der Waals surface area contributed by atoms with Crippen LogP contribution < -0.4 is 0 Å². The van der Waals surface area contributed by atoms with Crippen molar-refractivity contribution in [2.24, 2.45) is 17.8 Å². The van der Waals surface area contributed by atoms with Crippen molar-refractivity contribution in [2.75, 3.05) is 0 Å². The second-order valence-electron chi connectivity index (χ2n) is 13.4. The van der Waals surface area contributed by atoms with Crippen LogP contribution in [0.15, 0.2) is 0 Å². The molecule has 0 N–H and O–H groups in total. The number of rotatable bonds is 30. The Bertz CT molecular complexity index is 381. The van der Waals surface area contributed by atoms with Gasteiger partial charge in [0.15, 0.2) is 0 Å². The summed E-state index contributed by atoms with van der Waals surface area (Å²) in [5, 5.41) is 0. The first-order valence-corrected chi connectivity index (χ1v) is 17.6. The van der Waals surface area contributed by atoms with Gasteiger partial charge in [-0.25, -0.2) is 0 Å². The highest BCUT2D eigenvalue weighted by Crippen LogP contribution is 2.25. The van der Waals surface area contributed by atoms with Crippen LogP contribution in [0.1, 0.15) is 214 Å². The Morgan fingerprint density at radius 2 is 0.500 bits per heavy atom. The first kappa shape index (κ1) is 36.0. The van der Waals surface area contributed by atoms with Crippen LogP contribution in [0, 0.1) is 17.8 Å². The molecule has 0 aromatic rings. The fraction of sp³-hybridized carbons (Fsp3) is 1.00. The van der Waals surface area contributed by atoms with Gasteiger partial charge >= 0.3 is 0 Å². The summed E-state index contributed by atoms with van der Waals surface area (Å²) < 4.78 is 0. The molecule has 0 saturated heterocycles. The van der Waals surface area contributed by atoms with E-state index < -0.39 is 0 Å². The van der Waals surface area contributed by atoms with Gasteiger partial charge in [0.2, 0.25) is 0 Å². The van der Waals surface area contributed by atoms with Gasteiger partial charge in [-0.05, 0) is 17.8 Å². The Morgan fingerprint density at radius 1 is 0.278 bits per heavy atom. The highest BCUT2D eigenvalue weighted by Gasteiger charge is 2.09. The molecular formula is C36H74. The van der Waals surface area contributed by atoms with Gasteiger partial charge in [0.05, 0.1) is 0 Å². The van der Waals surface area contributed by atoms with Crippen molar-refractivity contribution in [1.29, 1.82) is 0 Å². The molecule has 0 aliphatic carbocycles. The number of unbranched alkanes of at least 4 members (excludes halogenated alkanes) is 20. The standard InChI is InChI=1S/C36H74/c1-6-7-8-9-21-26-31-36(33-28-23-18-20-25-30-35(4)5)32-27-22-17-15-13-11-10-12-14-16-19-24-29-34(2)3/h34-36H,6-33H2,1-5H3. The van der Waals surface area contributed by atoms with Crippen molar-refractivity contribution in [3.8, 4) is 0 Å². The average molecular weight is 507 g/mol. The van der Waals surface area contributed by atoms with Crippen LogP contribution in [0.25, 0.3) is 0 Å². The SMILES string of the molecule is CCCCCCCCC(CCCCCCCCCCCCCCC(C)C)CCCCCCCC(C)C. The van der Waals surface area contributed by atoms with E-state index in [1.54, 1.807) is 0 Å². The maximum absolute atomic E-state index is 2.37. The minimum Gasteiger partial charge on any atom is -0.0654 e. The van der Waals surface area contributed by atoms with Gasteiger partial charge in [-0.2, -0.15) is 0 Å². The van der Waals surface area contributed by atoms with E-state index in [9.17, 15) is 0 Å². The Morgan fingerprint density at radius 3 is 0.750 bits per heavy atom. The van der Waals surface area contributed by atoms with Gasteiger partial charge < -0.3 is 0 Å². The van der Waals surface area contributed by atoms with Crippen LogP contribution in [0.5, 0.6) is 0 Å². The number of hydrogen-bond acceptors (Lipinski definition) is 0. The van der Waals surface area contributed by atoms with Crippen LogP contribution in [0.2, 0.25) is 0 Å². The molecule has 0 nitrogen and oxygen atoms in total. The average Bonchev–Trinajstić information content (AvgIpc) is 2.84. The van der Waals surface area contributed by atoms with Gasteiger partial charge in [0.25, 0.3) is 0 Å². The predicted octanol–water partition coefficient (Wildman–Crippen LogP) is 13.9. The Balaban J connectivity index is 3.73. The van der Waals surface area contributed by atoms with Gasteiger partial charge in [-0.1, -0.05) is 214 Å². The molecule has 1 atom stereocenters. The third-order valence-electron chi connectivity index (χ3n) is 8.50. The summed E-state index contributed by atoms with van der Waals surface area (Å²) >= 11 is 0. The highest BCUT2D eigenvalue weighted by molar-refractivity contribution is 4.62. The minimum atomic E-state index is 0.890. The summed E-state index contributed by atoms with van der Waals surface area (Å²) in [5.74, 6) is 2.82. The van der Waals surface area contributed by atoms with Gasteiger partial charge in [-0.15, -0.1) is 0 Å². The molecular weight excluding hydrogens is 432 g/mol. The quantitative estimate of drug-likeness (QED) is 0.0849. The number of hydrogen-bond donors (Lipinski definition) is 0. The molecule has 0 radical (unpaired) electrons. The van der Waals surface area contributed by atoms with Crippen LogP contribution in [0.4, 0.5) is 0 Å². The maximum atomic E-state index is 2.37. The van der Waals surface area contributed by atoms with Crippen molar-refractivity contribution in [2.45, 2.75) is 214 Å². The lowest BCUT2D eigenvalue weighted by molar-refractivity contribution is 0.365. The second-order valence-corrected chi connectivity index (χ2v) is 13.4. The smallest absolute Gasteiger partial charge is 0.0414 e. The predicted molar refractivity (Wildman–Crippen MR) is 168 cm³/mol. The van der Waals surface area contributed by atoms with Crippen molar-refractivity contribution in [3.05, 3.63) is 0 Å². The zero-order valence-electron chi connectivity index (χ0n) is 26.5. The van der Waals surface area contributed by atoms with E-state index in [4.69, 9.17) is 0 Å². The highest BCUT2D eigenvalue weighted by atomic mass is 14.1. The normalized spacial score (nSPS) is 12.8. The summed E-state index contributed by atoms with van der Waals surface area (Å²) in [6, 6.07) is 0. The molecule has 0 heterocycles. The fourth-order valence-electron chi connectivity index (χ4n) is 5.92. The Hall–Kier alpha value is 0. The molecule has 0 aromatic carbocycles. The second kappa shape index (κ2) is 29.6. The molecule has 0 rings (SSSR count). The Kier molecular flexibility index (Phi) is 29.6. The van der Waals surface area contributed by atoms with E-state index in [2.05, 4.69) is 34.6 Å². The zero-order chi connectivity index (χ0) is 26.5. The molecule has 0 heteroatoms. The fourth-order valence-corrected chi connectivity index (χ4v) is 5.92. The zero-order valence-corrected chi connectivity index (χ0v) is 26.5. The van der Waals surface area contributed by atoms with E-state index in [0.29, 0.717) is 0 Å². The molecule has 0 aliphatic rings. The maximum Gasteiger partial charge on any atom is -0.0414 e. The Labute approximate surface area is 232 Å². The first-order chi connectivity index (χ1) is 17.6. The van der Waals surface area contributed by atoms with E-state index in [1.165, 1.54) is 180 Å². The monoisotopic (exact) mass is 507 g/mol. The molecule has 218 valence electrons. The van der Waals surface area contributed by atoms with Crippen molar-refractivity contribution < 1.29 is 0 Å². The molecule has 1 unspecified atom stereocenters. The van der Waals surface area contributed by atoms with Gasteiger partial charge in [0, 0.05) is 0 Å². The van der Waals surface area contributed by atoms with E-state index in [1.807, 2.05) is 0 Å². The lowest BCUT2D eigenvalue weighted by atomic mass is 9.89. The topological polar surface area (TPSA) is 0 Å². The lowest BCUT2D eigenvalue weighted by Gasteiger charge is -2.17. The molecule has 0 amide bonds. The van der Waals surface area contributed by atoms with E-state index in [0.717, 1.165) is 17.8 Å². The van der Waals surface area contributed by atoms with Crippen LogP contribution in [0.3, 0.4) is 0 Å². The molecule has 0 aromatic heterocycles. The van der Waals surface area contributed by atoms with Gasteiger partial charge in [-0.3, -0.25) is 0 Å². The van der Waals surface area contributed by atoms with Crippen molar-refractivity contribution in [1.82, 2.24) is 0 Å². The summed E-state index contributed by atoms with van der Waals surface area (Å²) in [5.41, 5.74) is 0. The van der Waals surface area contributed by atoms with E-state index in [-0.39, 0.29) is 0 Å². The third kappa shape index (κ3) is 30.2. The summed E-state index contributed by atoms with van der Waals surface area (Å²) in [7, 11) is 0. The summed E-state index contributed by atoms with van der Waals surface area (Å²) in [4.78, 5) is 0. The van der Waals surface area contributed by atoms with E-state index >= 15 is 0 Å². The third-order valence-corrected chi connectivity index (χ3v) is 8.50.